The van der Waals surface area contributed by atoms with Crippen molar-refractivity contribution in [1.82, 2.24) is 19.9 Å². The van der Waals surface area contributed by atoms with Crippen LogP contribution >= 0.6 is 11.3 Å². The van der Waals surface area contributed by atoms with Gasteiger partial charge in [-0.1, -0.05) is 41.7 Å². The molecule has 0 bridgehead atoms. The minimum atomic E-state index is -0.709. The lowest BCUT2D eigenvalue weighted by molar-refractivity contribution is -0.122. The number of nitrogens with zero attached hydrogens (tertiary/aromatic N) is 4. The van der Waals surface area contributed by atoms with Crippen molar-refractivity contribution in [2.75, 3.05) is 18.6 Å². The van der Waals surface area contributed by atoms with Crippen LogP contribution in [0, 0.1) is 0 Å². The highest BCUT2D eigenvalue weighted by molar-refractivity contribution is 7.21. The van der Waals surface area contributed by atoms with Crippen LogP contribution in [0.3, 0.4) is 0 Å². The smallest absolute Gasteiger partial charge is 0.280 e. The first-order valence-corrected chi connectivity index (χ1v) is 11.1. The summed E-state index contributed by atoms with van der Waals surface area (Å²) in [6, 6.07) is 9.53. The van der Waals surface area contributed by atoms with Crippen molar-refractivity contribution < 1.29 is 9.53 Å². The number of carbonyl (C=O) groups is 1. The molecule has 164 valence electrons. The number of rotatable bonds is 6. The fourth-order valence-corrected chi connectivity index (χ4v) is 4.87. The second-order valence-corrected chi connectivity index (χ2v) is 9.18. The third-order valence-electron chi connectivity index (χ3n) is 5.79. The summed E-state index contributed by atoms with van der Waals surface area (Å²) >= 11 is 1.35. The Balaban J connectivity index is 1.61. The average molecular weight is 442 g/mol. The number of fused-ring (bicyclic) bond motifs is 1. The standard InChI is InChI=1S/C22H27N5O3S/c1-22(2,30-4)20-25-18-16(19(29)26(20)3)24-21(31-18)27-12-8-11-15(27)17(28)23-13-14-9-6-5-7-10-14/h5-7,9-10,15H,8,11-13H2,1-4H3,(H,23,28). The van der Waals surface area contributed by atoms with E-state index < -0.39 is 5.60 Å². The van der Waals surface area contributed by atoms with Gasteiger partial charge in [-0.2, -0.15) is 0 Å². The molecular formula is C22H27N5O3S. The largest absolute Gasteiger partial charge is 0.371 e. The summed E-state index contributed by atoms with van der Waals surface area (Å²) in [5.41, 5.74) is 0.464. The number of anilines is 1. The van der Waals surface area contributed by atoms with E-state index in [0.717, 1.165) is 24.9 Å². The van der Waals surface area contributed by atoms with Gasteiger partial charge in [0.2, 0.25) is 5.91 Å². The van der Waals surface area contributed by atoms with Crippen LogP contribution in [0.5, 0.6) is 0 Å². The maximum absolute atomic E-state index is 12.9. The second-order valence-electron chi connectivity index (χ2n) is 8.22. The van der Waals surface area contributed by atoms with Crippen molar-refractivity contribution in [2.24, 2.45) is 7.05 Å². The first kappa shape index (κ1) is 21.5. The van der Waals surface area contributed by atoms with Crippen molar-refractivity contribution in [1.29, 1.82) is 0 Å². The topological polar surface area (TPSA) is 89.3 Å². The average Bonchev–Trinajstić information content (AvgIpc) is 3.42. The number of amides is 1. The van der Waals surface area contributed by atoms with E-state index in [1.165, 1.54) is 15.9 Å². The minimum absolute atomic E-state index is 0.0253. The van der Waals surface area contributed by atoms with Crippen LogP contribution in [0.25, 0.3) is 10.3 Å². The van der Waals surface area contributed by atoms with Crippen LogP contribution in [0.15, 0.2) is 35.1 Å². The van der Waals surface area contributed by atoms with Gasteiger partial charge in [-0.25, -0.2) is 9.97 Å². The Morgan fingerprint density at radius 1 is 1.29 bits per heavy atom. The fourth-order valence-electron chi connectivity index (χ4n) is 3.87. The number of aromatic nitrogens is 3. The molecule has 3 heterocycles. The highest BCUT2D eigenvalue weighted by atomic mass is 32.1. The van der Waals surface area contributed by atoms with Crippen LogP contribution < -0.4 is 15.8 Å². The monoisotopic (exact) mass is 441 g/mol. The summed E-state index contributed by atoms with van der Waals surface area (Å²) in [7, 11) is 3.27. The van der Waals surface area contributed by atoms with E-state index >= 15 is 0 Å². The Labute approximate surface area is 184 Å². The minimum Gasteiger partial charge on any atom is -0.371 e. The molecule has 1 aliphatic rings. The molecule has 9 heteroatoms. The lowest BCUT2D eigenvalue weighted by Gasteiger charge is -2.23. The Kier molecular flexibility index (Phi) is 5.81. The Hall–Kier alpha value is -2.78. The summed E-state index contributed by atoms with van der Waals surface area (Å²) < 4.78 is 7.02. The molecule has 0 radical (unpaired) electrons. The Bertz CT molecular complexity index is 1160. The molecule has 1 N–H and O–H groups in total. The number of carbonyl (C=O) groups excluding carboxylic acids is 1. The molecule has 2 aromatic heterocycles. The van der Waals surface area contributed by atoms with Gasteiger partial charge >= 0.3 is 0 Å². The van der Waals surface area contributed by atoms with Gasteiger partial charge in [0.25, 0.3) is 5.56 Å². The number of thiazole rings is 1. The van der Waals surface area contributed by atoms with E-state index in [0.29, 0.717) is 27.8 Å². The van der Waals surface area contributed by atoms with E-state index in [9.17, 15) is 9.59 Å². The molecule has 1 aliphatic heterocycles. The van der Waals surface area contributed by atoms with E-state index in [-0.39, 0.29) is 17.5 Å². The van der Waals surface area contributed by atoms with Crippen LogP contribution in [0.2, 0.25) is 0 Å². The second kappa shape index (κ2) is 8.39. The highest BCUT2D eigenvalue weighted by Gasteiger charge is 2.34. The molecule has 3 aromatic rings. The highest BCUT2D eigenvalue weighted by Crippen LogP contribution is 2.33. The van der Waals surface area contributed by atoms with Gasteiger partial charge in [-0.05, 0) is 32.3 Å². The van der Waals surface area contributed by atoms with Crippen molar-refractivity contribution in [2.45, 2.75) is 44.9 Å². The molecule has 1 unspecified atom stereocenters. The molecule has 1 atom stereocenters. The van der Waals surface area contributed by atoms with Gasteiger partial charge in [0, 0.05) is 27.2 Å². The van der Waals surface area contributed by atoms with Crippen molar-refractivity contribution in [3.63, 3.8) is 0 Å². The summed E-state index contributed by atoms with van der Waals surface area (Å²) in [6.07, 6.45) is 1.65. The molecule has 1 saturated heterocycles. The van der Waals surface area contributed by atoms with Crippen molar-refractivity contribution >= 4 is 32.7 Å². The summed E-state index contributed by atoms with van der Waals surface area (Å²) in [5.74, 6) is 0.518. The number of methoxy groups -OCH3 is 1. The fraction of sp³-hybridized carbons (Fsp3) is 0.455. The van der Waals surface area contributed by atoms with Crippen LogP contribution in [-0.2, 0) is 28.7 Å². The van der Waals surface area contributed by atoms with E-state index in [1.807, 2.05) is 49.1 Å². The molecule has 31 heavy (non-hydrogen) atoms. The quantitative estimate of drug-likeness (QED) is 0.632. The lowest BCUT2D eigenvalue weighted by Crippen LogP contribution is -2.43. The molecule has 8 nitrogen and oxygen atoms in total. The molecule has 1 amide bonds. The van der Waals surface area contributed by atoms with Crippen molar-refractivity contribution in [3.8, 4) is 0 Å². The number of hydrogen-bond donors (Lipinski definition) is 1. The molecule has 4 rings (SSSR count). The van der Waals surface area contributed by atoms with Gasteiger partial charge in [0.05, 0.1) is 0 Å². The van der Waals surface area contributed by atoms with Gasteiger partial charge in [0.15, 0.2) is 15.5 Å². The van der Waals surface area contributed by atoms with Gasteiger partial charge < -0.3 is 15.0 Å². The van der Waals surface area contributed by atoms with E-state index in [4.69, 9.17) is 4.74 Å². The zero-order valence-corrected chi connectivity index (χ0v) is 19.0. The Morgan fingerprint density at radius 3 is 2.74 bits per heavy atom. The van der Waals surface area contributed by atoms with Gasteiger partial charge in [-0.3, -0.25) is 14.2 Å². The Morgan fingerprint density at radius 2 is 2.03 bits per heavy atom. The molecule has 0 aliphatic carbocycles. The first-order valence-electron chi connectivity index (χ1n) is 10.3. The lowest BCUT2D eigenvalue weighted by atomic mass is 10.1. The van der Waals surface area contributed by atoms with E-state index in [1.54, 1.807) is 14.2 Å². The predicted octanol–water partition coefficient (Wildman–Crippen LogP) is 2.56. The summed E-state index contributed by atoms with van der Waals surface area (Å²) in [5, 5.41) is 3.69. The van der Waals surface area contributed by atoms with E-state index in [2.05, 4.69) is 15.3 Å². The number of nitrogens with one attached hydrogen (secondary N) is 1. The number of hydrogen-bond acceptors (Lipinski definition) is 7. The maximum atomic E-state index is 12.9. The third-order valence-corrected chi connectivity index (χ3v) is 6.78. The third kappa shape index (κ3) is 4.07. The van der Waals surface area contributed by atoms with Crippen LogP contribution in [-0.4, -0.2) is 40.1 Å². The zero-order valence-electron chi connectivity index (χ0n) is 18.2. The number of benzene rings is 1. The molecule has 1 aromatic carbocycles. The SMILES string of the molecule is COC(C)(C)c1nc2sc(N3CCCC3C(=O)NCc3ccccc3)nc2c(=O)n1C. The molecule has 0 spiro atoms. The summed E-state index contributed by atoms with van der Waals surface area (Å²) in [4.78, 5) is 37.6. The zero-order chi connectivity index (χ0) is 22.2. The van der Waals surface area contributed by atoms with Crippen molar-refractivity contribution in [3.05, 3.63) is 52.1 Å². The predicted molar refractivity (Wildman–Crippen MR) is 121 cm³/mol. The van der Waals surface area contributed by atoms with Crippen LogP contribution in [0.1, 0.15) is 38.1 Å². The first-order chi connectivity index (χ1) is 14.8. The molecule has 1 fully saturated rings. The molecule has 0 saturated carbocycles. The summed E-state index contributed by atoms with van der Waals surface area (Å²) in [6.45, 7) is 4.95. The maximum Gasteiger partial charge on any atom is 0.280 e. The van der Waals surface area contributed by atoms with Gasteiger partial charge in [-0.15, -0.1) is 0 Å². The number of ether oxygens (including phenoxy) is 1. The van der Waals surface area contributed by atoms with Gasteiger partial charge in [0.1, 0.15) is 17.5 Å². The molecular weight excluding hydrogens is 414 g/mol. The normalized spacial score (nSPS) is 16.8. The van der Waals surface area contributed by atoms with Crippen LogP contribution in [0.4, 0.5) is 5.13 Å².